The fourth-order valence-corrected chi connectivity index (χ4v) is 15.6. The number of amides is 11. The van der Waals surface area contributed by atoms with Gasteiger partial charge in [0.1, 0.15) is 43.7 Å². The zero-order valence-corrected chi connectivity index (χ0v) is 73.9. The summed E-state index contributed by atoms with van der Waals surface area (Å²) >= 11 is 0. The Kier molecular flexibility index (Phi) is 36.1. The van der Waals surface area contributed by atoms with Gasteiger partial charge < -0.3 is 110 Å². The number of aryl methyl sites for hydroxylation is 1. The van der Waals surface area contributed by atoms with Crippen LogP contribution in [-0.4, -0.2) is 273 Å². The number of cyclic esters (lactones) is 1. The van der Waals surface area contributed by atoms with Crippen LogP contribution >= 0.6 is 0 Å². The number of pyridine rings is 2. The molecule has 1 fully saturated rings. The highest BCUT2D eigenvalue weighted by molar-refractivity contribution is 5.99. The molecule has 0 spiro atoms. The number of esters is 1. The minimum Gasteiger partial charge on any atom is -0.458 e. The van der Waals surface area contributed by atoms with Crippen LogP contribution in [0.4, 0.5) is 24.9 Å². The molecule has 5 heterocycles. The smallest absolute Gasteiger partial charge is 0.415 e. The summed E-state index contributed by atoms with van der Waals surface area (Å²) in [4.78, 5) is 180. The number of nitrogens with two attached hydrogens (primary N) is 2. The summed E-state index contributed by atoms with van der Waals surface area (Å²) in [7, 11) is 11.6. The van der Waals surface area contributed by atoms with Crippen LogP contribution in [0.5, 0.6) is 5.75 Å². The molecular formula is C88H127N15O20. The Morgan fingerprint density at radius 3 is 2.04 bits per heavy atom. The number of methoxy groups -OCH3 is 2. The van der Waals surface area contributed by atoms with E-state index in [2.05, 4.69) is 26.6 Å². The molecule has 0 saturated carbocycles. The van der Waals surface area contributed by atoms with Crippen molar-refractivity contribution >= 4 is 82.3 Å². The summed E-state index contributed by atoms with van der Waals surface area (Å²) in [5.41, 5.74) is 14.3. The molecule has 11 amide bonds. The maximum atomic E-state index is 14.8. The second-order valence-electron chi connectivity index (χ2n) is 32.9. The number of nitrogens with zero attached hydrogens (tertiary/aromatic N) is 8. The fourth-order valence-electron chi connectivity index (χ4n) is 15.6. The molecule has 10 N–H and O–H groups in total. The molecule has 11 atom stereocenters. The van der Waals surface area contributed by atoms with Gasteiger partial charge in [0.2, 0.25) is 35.4 Å². The molecule has 123 heavy (non-hydrogen) atoms. The molecular weight excluding hydrogens is 1590 g/mol. The van der Waals surface area contributed by atoms with Crippen molar-refractivity contribution in [3.8, 4) is 17.1 Å². The standard InChI is InChI=1S/C88H127N15O20/c1-17-54(8)75(100(14)82(110)72(89)52(4)5)70(117-15)48-71(104)102-36-24-28-68(102)76(118-16)55(9)77(105)95-67(45-56-25-21-20-22-26-56)79(107)96-73(53(6)7)80(108)94-66(27-23-35-91-84(90)112)78(106)92-58-31-29-57(30-32-58)50-122-86(114)99(13)39-40-101(41-42-119-43-44-120-85(113)98(12)38-37-97(10)11)87(115)123-59-33-34-65-61(46-59)60(18-2)62-49-103-69(74(62)93-65)47-64-63(81(103)109)51-121-83(111)88(64,116)19-3/h20-22,25-26,29-34,46-47,52-55,66-68,70,72-73,75-76,116H,17-19,23-24,27-28,35-45,48-51,89H2,1-16H3,(H,92,106)(H,94,108)(H,95,105)(H,96,107)(H3,90,91,112)/t54-,55+,66-,67-,68-,70+,72-,73+,75-,76+,88+/m0/s1. The number of likely N-dealkylation sites (tertiary alicyclic amines) is 1. The zero-order valence-electron chi connectivity index (χ0n) is 73.9. The number of aliphatic hydroxyl groups is 1. The van der Waals surface area contributed by atoms with Gasteiger partial charge >= 0.3 is 30.3 Å². The number of anilines is 1. The Morgan fingerprint density at radius 2 is 1.41 bits per heavy atom. The van der Waals surface area contributed by atoms with Crippen LogP contribution in [0, 0.1) is 23.7 Å². The van der Waals surface area contributed by atoms with Crippen molar-refractivity contribution in [2.75, 3.05) is 120 Å². The molecule has 3 aromatic carbocycles. The Bertz CT molecular complexity index is 4570. The van der Waals surface area contributed by atoms with Gasteiger partial charge in [-0.2, -0.15) is 0 Å². The van der Waals surface area contributed by atoms with E-state index in [1.165, 1.54) is 36.0 Å². The highest BCUT2D eigenvalue weighted by atomic mass is 16.6. The Labute approximate surface area is 719 Å². The number of nitrogens with one attached hydrogen (secondary N) is 5. The summed E-state index contributed by atoms with van der Waals surface area (Å²) in [6, 6.07) is 15.6. The molecule has 35 heteroatoms. The van der Waals surface area contributed by atoms with Crippen molar-refractivity contribution in [2.45, 2.75) is 194 Å². The van der Waals surface area contributed by atoms with Gasteiger partial charge in [0.25, 0.3) is 5.56 Å². The lowest BCUT2D eigenvalue weighted by Crippen LogP contribution is -2.59. The number of carbonyl (C=O) groups is 11. The number of hydrogen-bond donors (Lipinski definition) is 8. The van der Waals surface area contributed by atoms with E-state index in [1.54, 1.807) is 129 Å². The number of hydrogen-bond acceptors (Lipinski definition) is 23. The lowest BCUT2D eigenvalue weighted by molar-refractivity contribution is -0.172. The van der Waals surface area contributed by atoms with Crippen molar-refractivity contribution in [1.82, 2.24) is 60.2 Å². The second kappa shape index (κ2) is 45.5. The van der Waals surface area contributed by atoms with Gasteiger partial charge in [-0.05, 0) is 123 Å². The van der Waals surface area contributed by atoms with Crippen molar-refractivity contribution in [2.24, 2.45) is 35.1 Å². The van der Waals surface area contributed by atoms with Crippen molar-refractivity contribution in [3.63, 3.8) is 0 Å². The number of fused-ring (bicyclic) bond motifs is 5. The van der Waals surface area contributed by atoms with Crippen LogP contribution in [0.2, 0.25) is 0 Å². The molecule has 0 bridgehead atoms. The van der Waals surface area contributed by atoms with E-state index in [4.69, 9.17) is 49.6 Å². The van der Waals surface area contributed by atoms with Crippen molar-refractivity contribution in [3.05, 3.63) is 123 Å². The maximum Gasteiger partial charge on any atom is 0.415 e. The summed E-state index contributed by atoms with van der Waals surface area (Å²) in [5.74, 6) is -5.46. The number of urea groups is 1. The quantitative estimate of drug-likeness (QED) is 0.0123. The molecule has 8 rings (SSSR count). The zero-order chi connectivity index (χ0) is 90.3. The van der Waals surface area contributed by atoms with E-state index >= 15 is 0 Å². The minimum atomic E-state index is -2.00. The molecule has 0 aliphatic carbocycles. The monoisotopic (exact) mass is 1710 g/mol. The van der Waals surface area contributed by atoms with Gasteiger partial charge in [0.15, 0.2) is 5.60 Å². The first-order valence-electron chi connectivity index (χ1n) is 42.3. The molecule has 0 radical (unpaired) electrons. The van der Waals surface area contributed by atoms with E-state index < -0.39 is 125 Å². The maximum absolute atomic E-state index is 14.8. The lowest BCUT2D eigenvalue weighted by Gasteiger charge is -2.40. The number of benzene rings is 3. The number of rotatable bonds is 44. The molecule has 35 nitrogen and oxygen atoms in total. The largest absolute Gasteiger partial charge is 0.458 e. The number of primary amides is 1. The summed E-state index contributed by atoms with van der Waals surface area (Å²) in [5, 5.41) is 26.0. The van der Waals surface area contributed by atoms with Gasteiger partial charge in [-0.15, -0.1) is 0 Å². The highest BCUT2D eigenvalue weighted by Crippen LogP contribution is 2.41. The summed E-state index contributed by atoms with van der Waals surface area (Å²) in [6.45, 7) is 17.4. The van der Waals surface area contributed by atoms with Crippen LogP contribution in [0.25, 0.3) is 22.3 Å². The highest BCUT2D eigenvalue weighted by Gasteiger charge is 2.47. The molecule has 3 aliphatic heterocycles. The topological polar surface area (TPSA) is 439 Å². The molecule has 0 unspecified atom stereocenters. The van der Waals surface area contributed by atoms with Gasteiger partial charge in [-0.1, -0.05) is 111 Å². The second-order valence-corrected chi connectivity index (χ2v) is 32.9. The molecule has 2 aromatic heterocycles. The lowest BCUT2D eigenvalue weighted by atomic mass is 9.86. The first-order valence-corrected chi connectivity index (χ1v) is 42.3. The van der Waals surface area contributed by atoms with Gasteiger partial charge in [-0.25, -0.2) is 29.0 Å². The van der Waals surface area contributed by atoms with E-state index in [0.717, 1.165) is 11.1 Å². The third-order valence-corrected chi connectivity index (χ3v) is 23.4. The van der Waals surface area contributed by atoms with Gasteiger partial charge in [0, 0.05) is 110 Å². The van der Waals surface area contributed by atoms with Crippen LogP contribution in [0.1, 0.15) is 141 Å². The van der Waals surface area contributed by atoms with Crippen LogP contribution in [-0.2, 0) is 100 Å². The predicted molar refractivity (Wildman–Crippen MR) is 459 cm³/mol. The first-order chi connectivity index (χ1) is 58.5. The Hall–Kier alpha value is -10.9. The third kappa shape index (κ3) is 25.2. The SMILES string of the molecule is CCc1c2c(nc3ccc(OC(=O)N(CCOCCOC(=O)N(C)CCN(C)C)CCN(C)C(=O)OCc4ccc(NC(=O)[C@H](CCCNC(N)=O)NC(=O)[C@H](NC(=O)[C@H](Cc5ccccc5)NC(=O)[C@H](C)[C@@H](OC)[C@@H]5CCCN5C(=O)C[C@@H](OC)[C@H]([C@@H](C)CC)N(C)C(=O)[C@@H](N)C(C)C)C(C)C)cc4)cc13)-c1cc3c(c(=O)n1C2)COC(=O)[C@@]3(O)CC. The van der Waals surface area contributed by atoms with E-state index in [-0.39, 0.29) is 138 Å². The Balaban J connectivity index is 0.899. The first kappa shape index (κ1) is 97.6. The fraction of sp³-hybridized carbons (Fsp3) is 0.580. The van der Waals surface area contributed by atoms with E-state index in [1.807, 2.05) is 59.7 Å². The number of likely N-dealkylation sites (N-methyl/N-ethyl adjacent to an activating group) is 4. The summed E-state index contributed by atoms with van der Waals surface area (Å²) < 4.78 is 41.9. The van der Waals surface area contributed by atoms with Gasteiger partial charge in [-0.3, -0.25) is 33.6 Å². The van der Waals surface area contributed by atoms with Crippen LogP contribution in [0.15, 0.2) is 83.7 Å². The van der Waals surface area contributed by atoms with Crippen LogP contribution in [0.3, 0.4) is 0 Å². The van der Waals surface area contributed by atoms with Crippen molar-refractivity contribution < 1.29 is 91.0 Å². The minimum absolute atomic E-state index is 0.00252. The summed E-state index contributed by atoms with van der Waals surface area (Å²) in [6.07, 6.45) is -1.14. The predicted octanol–water partition coefficient (Wildman–Crippen LogP) is 6.00. The average Bonchev–Trinajstić information content (AvgIpc) is 1.57. The van der Waals surface area contributed by atoms with Gasteiger partial charge in [0.05, 0.1) is 84.9 Å². The van der Waals surface area contributed by atoms with Crippen LogP contribution < -0.4 is 48.3 Å². The normalized spacial score (nSPS) is 16.9. The average molecular weight is 1720 g/mol. The van der Waals surface area contributed by atoms with E-state index in [0.29, 0.717) is 84.4 Å². The number of carbonyl (C=O) groups excluding carboxylic acids is 11. The Morgan fingerprint density at radius 1 is 0.724 bits per heavy atom. The third-order valence-electron chi connectivity index (χ3n) is 23.4. The number of ether oxygens (including phenoxy) is 7. The molecule has 674 valence electrons. The molecule has 3 aliphatic rings. The molecule has 1 saturated heterocycles. The van der Waals surface area contributed by atoms with E-state index in [9.17, 15) is 62.6 Å². The number of aromatic nitrogens is 2. The molecule has 5 aromatic rings. The van der Waals surface area contributed by atoms with Crippen molar-refractivity contribution in [1.29, 1.82) is 0 Å².